The van der Waals surface area contributed by atoms with Crippen molar-refractivity contribution in [3.8, 4) is 0 Å². The third kappa shape index (κ3) is 2.14. The molecule has 2 N–H and O–H groups in total. The van der Waals surface area contributed by atoms with Crippen LogP contribution in [0.5, 0.6) is 0 Å². The van der Waals surface area contributed by atoms with Crippen LogP contribution in [-0.2, 0) is 17.8 Å². The molecule has 0 saturated heterocycles. The molecule has 3 rings (SSSR count). The summed E-state index contributed by atoms with van der Waals surface area (Å²) >= 11 is 6.04. The van der Waals surface area contributed by atoms with E-state index in [1.165, 1.54) is 0 Å². The zero-order valence-electron chi connectivity index (χ0n) is 11.2. The Morgan fingerprint density at radius 2 is 2.10 bits per heavy atom. The lowest BCUT2D eigenvalue weighted by atomic mass is 10.1. The molecular weight excluding hydrogens is 272 g/mol. The smallest absolute Gasteiger partial charge is 0.231 e. The second kappa shape index (κ2) is 4.84. The van der Waals surface area contributed by atoms with Crippen molar-refractivity contribution in [2.75, 3.05) is 10.6 Å². The second-order valence-corrected chi connectivity index (χ2v) is 5.50. The number of carbonyl (C=O) groups is 1. The fourth-order valence-corrected chi connectivity index (χ4v) is 2.72. The van der Waals surface area contributed by atoms with Gasteiger partial charge in [-0.1, -0.05) is 29.8 Å². The maximum atomic E-state index is 12.2. The molecule has 4 heteroatoms. The lowest BCUT2D eigenvalue weighted by Crippen LogP contribution is -2.26. The second-order valence-electron chi connectivity index (χ2n) is 5.06. The van der Waals surface area contributed by atoms with Gasteiger partial charge in [0, 0.05) is 16.4 Å². The fraction of sp³-hybridized carbons (Fsp3) is 0.188. The fourth-order valence-electron chi connectivity index (χ4n) is 2.55. The van der Waals surface area contributed by atoms with E-state index in [1.807, 2.05) is 43.3 Å². The molecule has 20 heavy (non-hydrogen) atoms. The first-order valence-corrected chi connectivity index (χ1v) is 6.87. The van der Waals surface area contributed by atoms with Crippen LogP contribution >= 0.6 is 11.6 Å². The summed E-state index contributed by atoms with van der Waals surface area (Å²) in [5.41, 5.74) is 10.7. The summed E-state index contributed by atoms with van der Waals surface area (Å²) in [7, 11) is 0. The Kier molecular flexibility index (Phi) is 3.14. The molecule has 0 bridgehead atoms. The average molecular weight is 287 g/mol. The molecule has 0 radical (unpaired) electrons. The van der Waals surface area contributed by atoms with Crippen LogP contribution in [0.3, 0.4) is 0 Å². The van der Waals surface area contributed by atoms with E-state index >= 15 is 0 Å². The van der Waals surface area contributed by atoms with Gasteiger partial charge in [0.15, 0.2) is 0 Å². The van der Waals surface area contributed by atoms with E-state index in [2.05, 4.69) is 0 Å². The molecule has 0 atom stereocenters. The lowest BCUT2D eigenvalue weighted by molar-refractivity contribution is -0.117. The van der Waals surface area contributed by atoms with Gasteiger partial charge in [0.1, 0.15) is 0 Å². The van der Waals surface area contributed by atoms with Crippen molar-refractivity contribution in [2.24, 2.45) is 0 Å². The summed E-state index contributed by atoms with van der Waals surface area (Å²) < 4.78 is 0. The zero-order chi connectivity index (χ0) is 14.3. The average Bonchev–Trinajstić information content (AvgIpc) is 2.71. The summed E-state index contributed by atoms with van der Waals surface area (Å²) in [6.07, 6.45) is 0.438. The van der Waals surface area contributed by atoms with Gasteiger partial charge in [0.25, 0.3) is 0 Å². The number of carbonyl (C=O) groups excluding carboxylic acids is 1. The van der Waals surface area contributed by atoms with Crippen molar-refractivity contribution in [1.29, 1.82) is 0 Å². The molecule has 0 spiro atoms. The Morgan fingerprint density at radius 3 is 2.90 bits per heavy atom. The molecule has 3 nitrogen and oxygen atoms in total. The van der Waals surface area contributed by atoms with Gasteiger partial charge >= 0.3 is 0 Å². The third-order valence-corrected chi connectivity index (χ3v) is 4.03. The number of rotatable bonds is 2. The SMILES string of the molecule is Cc1c(N)cccc1CN1C(=O)Cc2ccc(Cl)cc21. The predicted molar refractivity (Wildman–Crippen MR) is 81.9 cm³/mol. The van der Waals surface area contributed by atoms with E-state index in [4.69, 9.17) is 17.3 Å². The van der Waals surface area contributed by atoms with E-state index in [0.717, 1.165) is 28.1 Å². The van der Waals surface area contributed by atoms with Crippen molar-refractivity contribution in [1.82, 2.24) is 0 Å². The quantitative estimate of drug-likeness (QED) is 0.861. The van der Waals surface area contributed by atoms with Crippen LogP contribution < -0.4 is 10.6 Å². The van der Waals surface area contributed by atoms with Crippen LogP contribution in [0, 0.1) is 6.92 Å². The maximum Gasteiger partial charge on any atom is 0.231 e. The number of benzene rings is 2. The standard InChI is InChI=1S/C16H15ClN2O/c1-10-12(3-2-4-14(10)18)9-19-15-8-13(17)6-5-11(15)7-16(19)20/h2-6,8H,7,9,18H2,1H3. The summed E-state index contributed by atoms with van der Waals surface area (Å²) in [6.45, 7) is 2.51. The molecule has 102 valence electrons. The molecule has 1 amide bonds. The van der Waals surface area contributed by atoms with E-state index in [-0.39, 0.29) is 5.91 Å². The van der Waals surface area contributed by atoms with Crippen molar-refractivity contribution in [3.63, 3.8) is 0 Å². The number of halogens is 1. The highest BCUT2D eigenvalue weighted by molar-refractivity contribution is 6.31. The summed E-state index contributed by atoms with van der Waals surface area (Å²) in [6, 6.07) is 11.4. The van der Waals surface area contributed by atoms with Crippen molar-refractivity contribution < 1.29 is 4.79 Å². The highest BCUT2D eigenvalue weighted by atomic mass is 35.5. The number of nitrogens with zero attached hydrogens (tertiary/aromatic N) is 1. The van der Waals surface area contributed by atoms with E-state index in [9.17, 15) is 4.79 Å². The summed E-state index contributed by atoms with van der Waals surface area (Å²) in [5.74, 6) is 0.101. The summed E-state index contributed by atoms with van der Waals surface area (Å²) in [4.78, 5) is 14.0. The van der Waals surface area contributed by atoms with Crippen LogP contribution in [0.1, 0.15) is 16.7 Å². The van der Waals surface area contributed by atoms with Crippen molar-refractivity contribution in [3.05, 3.63) is 58.1 Å². The Morgan fingerprint density at radius 1 is 1.30 bits per heavy atom. The van der Waals surface area contributed by atoms with Crippen LogP contribution in [0.2, 0.25) is 5.02 Å². The first-order chi connectivity index (χ1) is 9.56. The molecule has 0 aliphatic carbocycles. The number of amides is 1. The predicted octanol–water partition coefficient (Wildman–Crippen LogP) is 3.32. The number of hydrogen-bond acceptors (Lipinski definition) is 2. The van der Waals surface area contributed by atoms with Gasteiger partial charge in [-0.15, -0.1) is 0 Å². The topological polar surface area (TPSA) is 46.3 Å². The molecular formula is C16H15ClN2O. The van der Waals surface area contributed by atoms with Gasteiger partial charge in [0.2, 0.25) is 5.91 Å². The van der Waals surface area contributed by atoms with E-state index < -0.39 is 0 Å². The van der Waals surface area contributed by atoms with Crippen molar-refractivity contribution in [2.45, 2.75) is 19.9 Å². The zero-order valence-corrected chi connectivity index (χ0v) is 11.9. The minimum absolute atomic E-state index is 0.101. The Bertz CT molecular complexity index is 697. The van der Waals surface area contributed by atoms with E-state index in [1.54, 1.807) is 4.90 Å². The van der Waals surface area contributed by atoms with Crippen LogP contribution in [0.15, 0.2) is 36.4 Å². The van der Waals surface area contributed by atoms with Crippen LogP contribution in [-0.4, -0.2) is 5.91 Å². The van der Waals surface area contributed by atoms with Gasteiger partial charge < -0.3 is 10.6 Å². The number of nitrogens with two attached hydrogens (primary N) is 1. The van der Waals surface area contributed by atoms with Gasteiger partial charge in [-0.3, -0.25) is 4.79 Å². The molecule has 1 aliphatic rings. The lowest BCUT2D eigenvalue weighted by Gasteiger charge is -2.19. The van der Waals surface area contributed by atoms with Gasteiger partial charge in [-0.2, -0.15) is 0 Å². The molecule has 1 heterocycles. The Balaban J connectivity index is 1.98. The molecule has 1 aliphatic heterocycles. The minimum Gasteiger partial charge on any atom is -0.399 e. The molecule has 2 aromatic rings. The molecule has 0 fully saturated rings. The number of hydrogen-bond donors (Lipinski definition) is 1. The molecule has 0 unspecified atom stereocenters. The first kappa shape index (κ1) is 13.0. The minimum atomic E-state index is 0.101. The first-order valence-electron chi connectivity index (χ1n) is 6.49. The Hall–Kier alpha value is -2.00. The van der Waals surface area contributed by atoms with Crippen molar-refractivity contribution >= 4 is 28.9 Å². The third-order valence-electron chi connectivity index (χ3n) is 3.80. The van der Waals surface area contributed by atoms with E-state index in [0.29, 0.717) is 18.0 Å². The van der Waals surface area contributed by atoms with Gasteiger partial charge in [0.05, 0.1) is 13.0 Å². The normalized spacial score (nSPS) is 13.7. The van der Waals surface area contributed by atoms with Gasteiger partial charge in [-0.25, -0.2) is 0 Å². The number of anilines is 2. The Labute approximate surface area is 123 Å². The highest BCUT2D eigenvalue weighted by Gasteiger charge is 2.27. The number of fused-ring (bicyclic) bond motifs is 1. The largest absolute Gasteiger partial charge is 0.399 e. The summed E-state index contributed by atoms with van der Waals surface area (Å²) in [5, 5.41) is 0.646. The molecule has 0 saturated carbocycles. The highest BCUT2D eigenvalue weighted by Crippen LogP contribution is 2.33. The van der Waals surface area contributed by atoms with Crippen LogP contribution in [0.25, 0.3) is 0 Å². The molecule has 2 aromatic carbocycles. The van der Waals surface area contributed by atoms with Crippen LogP contribution in [0.4, 0.5) is 11.4 Å². The number of nitrogen functional groups attached to an aromatic ring is 1. The monoisotopic (exact) mass is 286 g/mol. The molecule has 0 aromatic heterocycles. The van der Waals surface area contributed by atoms with Gasteiger partial charge in [-0.05, 0) is 41.8 Å². The maximum absolute atomic E-state index is 12.2.